The standard InChI is InChI=1S/C13H19N3O3S2/c1-9-8-20-13(17)15(9)7-12-10(2)14-16(11(12)3)5-6-21(4,18)19/h8H,5-7H2,1-4H3. The minimum Gasteiger partial charge on any atom is -0.299 e. The molecule has 0 unspecified atom stereocenters. The Morgan fingerprint density at radius 3 is 2.48 bits per heavy atom. The van der Waals surface area contributed by atoms with Crippen LogP contribution < -0.4 is 4.87 Å². The average Bonchev–Trinajstić information content (AvgIpc) is 2.82. The number of hydrogen-bond acceptors (Lipinski definition) is 5. The summed E-state index contributed by atoms with van der Waals surface area (Å²) in [5.74, 6) is 0.0613. The highest BCUT2D eigenvalue weighted by molar-refractivity contribution is 7.90. The zero-order valence-corrected chi connectivity index (χ0v) is 14.2. The van der Waals surface area contributed by atoms with E-state index < -0.39 is 9.84 Å². The lowest BCUT2D eigenvalue weighted by Crippen LogP contribution is -2.16. The molecule has 0 aliphatic heterocycles. The Kier molecular flexibility index (Phi) is 4.38. The molecule has 2 aromatic heterocycles. The fraction of sp³-hybridized carbons (Fsp3) is 0.538. The van der Waals surface area contributed by atoms with Gasteiger partial charge in [-0.05, 0) is 20.8 Å². The average molecular weight is 329 g/mol. The van der Waals surface area contributed by atoms with Crippen LogP contribution in [-0.4, -0.2) is 34.8 Å². The minimum atomic E-state index is -3.02. The van der Waals surface area contributed by atoms with Crippen molar-refractivity contribution < 1.29 is 8.42 Å². The van der Waals surface area contributed by atoms with Crippen LogP contribution in [0.1, 0.15) is 22.6 Å². The van der Waals surface area contributed by atoms with Gasteiger partial charge in [0.05, 0.1) is 24.5 Å². The number of nitrogens with zero attached hydrogens (tertiary/aromatic N) is 3. The summed E-state index contributed by atoms with van der Waals surface area (Å²) in [6.45, 7) is 6.50. The quantitative estimate of drug-likeness (QED) is 0.824. The molecule has 0 N–H and O–H groups in total. The Labute approximate surface area is 128 Å². The molecule has 116 valence electrons. The molecule has 0 spiro atoms. The summed E-state index contributed by atoms with van der Waals surface area (Å²) in [6.07, 6.45) is 1.22. The van der Waals surface area contributed by atoms with Gasteiger partial charge in [-0.25, -0.2) is 8.42 Å². The SMILES string of the molecule is Cc1nn(CCS(C)(=O)=O)c(C)c1Cn1c(C)csc1=O. The van der Waals surface area contributed by atoms with E-state index in [1.807, 2.05) is 26.2 Å². The number of thiazole rings is 1. The molecule has 0 saturated heterocycles. The first-order valence-corrected chi connectivity index (χ1v) is 9.48. The molecule has 8 heteroatoms. The van der Waals surface area contributed by atoms with Crippen molar-refractivity contribution in [1.82, 2.24) is 14.3 Å². The maximum atomic E-state index is 11.8. The molecule has 0 atom stereocenters. The summed E-state index contributed by atoms with van der Waals surface area (Å²) in [4.78, 5) is 11.8. The van der Waals surface area contributed by atoms with Crippen LogP contribution in [0, 0.1) is 20.8 Å². The molecule has 2 heterocycles. The van der Waals surface area contributed by atoms with Gasteiger partial charge in [0.25, 0.3) is 0 Å². The van der Waals surface area contributed by atoms with Crippen molar-refractivity contribution in [2.24, 2.45) is 0 Å². The van der Waals surface area contributed by atoms with Crippen LogP contribution in [0.4, 0.5) is 0 Å². The predicted octanol–water partition coefficient (Wildman–Crippen LogP) is 1.12. The summed E-state index contributed by atoms with van der Waals surface area (Å²) in [5, 5.41) is 6.23. The van der Waals surface area contributed by atoms with Crippen LogP contribution in [-0.2, 0) is 22.9 Å². The van der Waals surface area contributed by atoms with Crippen molar-refractivity contribution in [2.45, 2.75) is 33.9 Å². The number of sulfone groups is 1. The monoisotopic (exact) mass is 329 g/mol. The van der Waals surface area contributed by atoms with Gasteiger partial charge in [-0.3, -0.25) is 14.0 Å². The first-order valence-electron chi connectivity index (χ1n) is 6.54. The first kappa shape index (κ1) is 16.0. The lowest BCUT2D eigenvalue weighted by molar-refractivity contribution is 0.580. The van der Waals surface area contributed by atoms with Gasteiger partial charge in [-0.15, -0.1) is 0 Å². The molecule has 2 rings (SSSR count). The second kappa shape index (κ2) is 5.76. The van der Waals surface area contributed by atoms with Crippen LogP contribution in [0.25, 0.3) is 0 Å². The molecule has 0 aromatic carbocycles. The number of rotatable bonds is 5. The van der Waals surface area contributed by atoms with Gasteiger partial charge in [0.15, 0.2) is 0 Å². The van der Waals surface area contributed by atoms with Gasteiger partial charge in [0.1, 0.15) is 9.84 Å². The van der Waals surface area contributed by atoms with E-state index in [-0.39, 0.29) is 10.6 Å². The van der Waals surface area contributed by atoms with Gasteiger partial charge in [0, 0.05) is 28.6 Å². The largest absolute Gasteiger partial charge is 0.307 e. The molecule has 0 radical (unpaired) electrons. The molecule has 2 aromatic rings. The molecule has 0 aliphatic carbocycles. The molecular weight excluding hydrogens is 310 g/mol. The molecule has 0 amide bonds. The second-order valence-corrected chi connectivity index (χ2v) is 8.31. The highest BCUT2D eigenvalue weighted by Crippen LogP contribution is 2.15. The summed E-state index contributed by atoms with van der Waals surface area (Å²) in [6, 6.07) is 0. The zero-order chi connectivity index (χ0) is 15.8. The molecule has 0 bridgehead atoms. The summed E-state index contributed by atoms with van der Waals surface area (Å²) in [7, 11) is -3.02. The van der Waals surface area contributed by atoms with E-state index in [1.54, 1.807) is 9.25 Å². The van der Waals surface area contributed by atoms with Gasteiger partial charge < -0.3 is 0 Å². The lowest BCUT2D eigenvalue weighted by atomic mass is 10.2. The molecule has 0 fully saturated rings. The molecular formula is C13H19N3O3S2. The Hall–Kier alpha value is -1.41. The van der Waals surface area contributed by atoms with Gasteiger partial charge in [-0.2, -0.15) is 5.10 Å². The van der Waals surface area contributed by atoms with E-state index in [4.69, 9.17) is 0 Å². The Balaban J connectivity index is 2.30. The van der Waals surface area contributed by atoms with Crippen LogP contribution in [0.3, 0.4) is 0 Å². The fourth-order valence-electron chi connectivity index (χ4n) is 2.19. The maximum absolute atomic E-state index is 11.8. The number of aryl methyl sites for hydroxylation is 3. The third-order valence-electron chi connectivity index (χ3n) is 3.50. The van der Waals surface area contributed by atoms with E-state index in [9.17, 15) is 13.2 Å². The normalized spacial score (nSPS) is 12.0. The highest BCUT2D eigenvalue weighted by Gasteiger charge is 2.15. The summed E-state index contributed by atoms with van der Waals surface area (Å²) >= 11 is 1.18. The van der Waals surface area contributed by atoms with Crippen molar-refractivity contribution in [3.8, 4) is 0 Å². The van der Waals surface area contributed by atoms with Crippen LogP contribution in [0.15, 0.2) is 10.2 Å². The predicted molar refractivity (Wildman–Crippen MR) is 83.8 cm³/mol. The Bertz CT molecular complexity index is 812. The van der Waals surface area contributed by atoms with Crippen molar-refractivity contribution in [3.05, 3.63) is 37.7 Å². The van der Waals surface area contributed by atoms with E-state index in [2.05, 4.69) is 5.10 Å². The molecule has 0 aliphatic rings. The van der Waals surface area contributed by atoms with Crippen molar-refractivity contribution in [1.29, 1.82) is 0 Å². The smallest absolute Gasteiger partial charge is 0.299 e. The minimum absolute atomic E-state index is 0.00943. The molecule has 6 nitrogen and oxygen atoms in total. The third kappa shape index (κ3) is 3.62. The molecule has 0 saturated carbocycles. The third-order valence-corrected chi connectivity index (χ3v) is 5.30. The van der Waals surface area contributed by atoms with Crippen molar-refractivity contribution in [3.63, 3.8) is 0 Å². The highest BCUT2D eigenvalue weighted by atomic mass is 32.2. The second-order valence-electron chi connectivity index (χ2n) is 5.23. The van der Waals surface area contributed by atoms with Crippen LogP contribution in [0.5, 0.6) is 0 Å². The summed E-state index contributed by atoms with van der Waals surface area (Å²) < 4.78 is 26.0. The van der Waals surface area contributed by atoms with Gasteiger partial charge >= 0.3 is 4.87 Å². The van der Waals surface area contributed by atoms with E-state index in [1.165, 1.54) is 17.6 Å². The first-order chi connectivity index (χ1) is 9.69. The van der Waals surface area contributed by atoms with Gasteiger partial charge in [0.2, 0.25) is 0 Å². The zero-order valence-electron chi connectivity index (χ0n) is 12.6. The fourth-order valence-corrected chi connectivity index (χ4v) is 3.43. The van der Waals surface area contributed by atoms with E-state index in [0.717, 1.165) is 22.6 Å². The summed E-state index contributed by atoms with van der Waals surface area (Å²) in [5.41, 5.74) is 3.65. The van der Waals surface area contributed by atoms with Crippen molar-refractivity contribution >= 4 is 21.2 Å². The van der Waals surface area contributed by atoms with E-state index in [0.29, 0.717) is 13.1 Å². The topological polar surface area (TPSA) is 74.0 Å². The van der Waals surface area contributed by atoms with Crippen LogP contribution >= 0.6 is 11.3 Å². The Morgan fingerprint density at radius 2 is 1.95 bits per heavy atom. The van der Waals surface area contributed by atoms with Crippen LogP contribution in [0.2, 0.25) is 0 Å². The number of hydrogen-bond donors (Lipinski definition) is 0. The Morgan fingerprint density at radius 1 is 1.29 bits per heavy atom. The van der Waals surface area contributed by atoms with Gasteiger partial charge in [-0.1, -0.05) is 11.3 Å². The maximum Gasteiger partial charge on any atom is 0.307 e. The lowest BCUT2D eigenvalue weighted by Gasteiger charge is -2.06. The van der Waals surface area contributed by atoms with E-state index >= 15 is 0 Å². The number of aromatic nitrogens is 3. The van der Waals surface area contributed by atoms with Crippen molar-refractivity contribution in [2.75, 3.05) is 12.0 Å². The molecule has 21 heavy (non-hydrogen) atoms.